The molecular formula is C27H29FN4O4. The van der Waals surface area contributed by atoms with Crippen LogP contribution in [0.3, 0.4) is 0 Å². The van der Waals surface area contributed by atoms with Gasteiger partial charge in [0.15, 0.2) is 0 Å². The lowest BCUT2D eigenvalue weighted by molar-refractivity contribution is -0.128. The lowest BCUT2D eigenvalue weighted by Crippen LogP contribution is -2.49. The summed E-state index contributed by atoms with van der Waals surface area (Å²) in [5.41, 5.74) is -0.377. The van der Waals surface area contributed by atoms with E-state index in [0.717, 1.165) is 4.90 Å². The maximum absolute atomic E-state index is 15.0. The van der Waals surface area contributed by atoms with Crippen LogP contribution in [-0.2, 0) is 14.4 Å². The first-order chi connectivity index (χ1) is 17.0. The second kappa shape index (κ2) is 11.4. The van der Waals surface area contributed by atoms with E-state index < -0.39 is 35.1 Å². The Hall–Kier alpha value is -4.27. The van der Waals surface area contributed by atoms with Crippen LogP contribution >= 0.6 is 0 Å². The minimum atomic E-state index is -1.26. The van der Waals surface area contributed by atoms with E-state index in [0.29, 0.717) is 11.4 Å². The molecule has 0 spiro atoms. The Labute approximate surface area is 209 Å². The Morgan fingerprint density at radius 1 is 0.972 bits per heavy atom. The van der Waals surface area contributed by atoms with E-state index >= 15 is 0 Å². The van der Waals surface area contributed by atoms with Gasteiger partial charge < -0.3 is 15.7 Å². The predicted molar refractivity (Wildman–Crippen MR) is 135 cm³/mol. The zero-order chi connectivity index (χ0) is 26.3. The molecule has 0 bridgehead atoms. The Bertz CT molecular complexity index is 1210. The number of nitrogens with zero attached hydrogens (tertiary/aromatic N) is 2. The van der Waals surface area contributed by atoms with Crippen molar-refractivity contribution in [2.45, 2.75) is 45.2 Å². The molecule has 0 saturated carbocycles. The molecule has 9 heteroatoms. The second-order valence-electron chi connectivity index (χ2n) is 9.21. The van der Waals surface area contributed by atoms with E-state index in [1.54, 1.807) is 45.0 Å². The number of hydrogen-bond donors (Lipinski definition) is 3. The van der Waals surface area contributed by atoms with Crippen molar-refractivity contribution in [2.75, 3.05) is 10.2 Å². The predicted octanol–water partition coefficient (Wildman–Crippen LogP) is 4.33. The van der Waals surface area contributed by atoms with Gasteiger partial charge in [-0.2, -0.15) is 0 Å². The van der Waals surface area contributed by atoms with Crippen LogP contribution in [-0.4, -0.2) is 33.4 Å². The molecule has 0 saturated heterocycles. The van der Waals surface area contributed by atoms with Crippen molar-refractivity contribution < 1.29 is 23.9 Å². The normalized spacial score (nSPS) is 11.9. The van der Waals surface area contributed by atoms with Crippen LogP contribution in [0.5, 0.6) is 5.75 Å². The number of phenolic OH excluding ortho intramolecular Hbond substituents is 1. The summed E-state index contributed by atoms with van der Waals surface area (Å²) in [4.78, 5) is 44.5. The topological polar surface area (TPSA) is 112 Å². The van der Waals surface area contributed by atoms with Gasteiger partial charge in [-0.3, -0.25) is 19.3 Å². The number of anilines is 2. The molecular weight excluding hydrogens is 463 g/mol. The molecule has 3 aromatic rings. The van der Waals surface area contributed by atoms with Gasteiger partial charge in [-0.05, 0) is 62.7 Å². The first-order valence-corrected chi connectivity index (χ1v) is 11.4. The van der Waals surface area contributed by atoms with Gasteiger partial charge in [-0.15, -0.1) is 0 Å². The average Bonchev–Trinajstić information content (AvgIpc) is 2.82. The van der Waals surface area contributed by atoms with Crippen molar-refractivity contribution in [1.29, 1.82) is 0 Å². The molecule has 2 aromatic carbocycles. The zero-order valence-electron chi connectivity index (χ0n) is 20.4. The van der Waals surface area contributed by atoms with Gasteiger partial charge in [0.2, 0.25) is 17.7 Å². The van der Waals surface area contributed by atoms with Gasteiger partial charge in [0, 0.05) is 24.6 Å². The number of nitrogens with one attached hydrogen (secondary N) is 2. The van der Waals surface area contributed by atoms with Gasteiger partial charge in [0.25, 0.3) is 0 Å². The summed E-state index contributed by atoms with van der Waals surface area (Å²) in [6, 6.07) is 15.2. The van der Waals surface area contributed by atoms with Gasteiger partial charge in [0.1, 0.15) is 23.4 Å². The number of carbonyl (C=O) groups excluding carboxylic acids is 3. The Kier molecular flexibility index (Phi) is 8.37. The van der Waals surface area contributed by atoms with Crippen LogP contribution in [0.2, 0.25) is 0 Å². The number of halogens is 1. The van der Waals surface area contributed by atoms with Crippen molar-refractivity contribution in [3.8, 4) is 5.75 Å². The molecule has 0 radical (unpaired) electrons. The number of phenols is 1. The number of carbonyl (C=O) groups is 3. The Morgan fingerprint density at radius 2 is 1.64 bits per heavy atom. The first kappa shape index (κ1) is 26.3. The minimum Gasteiger partial charge on any atom is -0.508 e. The zero-order valence-corrected chi connectivity index (χ0v) is 20.4. The fraction of sp³-hybridized carbons (Fsp3) is 0.259. The number of amides is 3. The molecule has 3 N–H and O–H groups in total. The van der Waals surface area contributed by atoms with Crippen LogP contribution in [0.4, 0.5) is 15.9 Å². The molecule has 3 amide bonds. The molecule has 3 rings (SSSR count). The second-order valence-corrected chi connectivity index (χ2v) is 9.21. The molecule has 1 unspecified atom stereocenters. The SMILES string of the molecule is CC(C)(C)NC(=O)C(c1ccc(O)cc1)N(C(=O)CCC(=O)Nc1ccccn1)c1ccccc1F. The van der Waals surface area contributed by atoms with Crippen LogP contribution in [0.15, 0.2) is 72.9 Å². The molecule has 1 atom stereocenters. The van der Waals surface area contributed by atoms with Crippen molar-refractivity contribution in [1.82, 2.24) is 10.3 Å². The number of rotatable bonds is 8. The summed E-state index contributed by atoms with van der Waals surface area (Å²) in [6.45, 7) is 5.36. The number of aromatic hydroxyl groups is 1. The fourth-order valence-electron chi connectivity index (χ4n) is 3.56. The molecule has 188 valence electrons. The molecule has 1 aromatic heterocycles. The number of para-hydroxylation sites is 1. The third-order valence-electron chi connectivity index (χ3n) is 5.09. The van der Waals surface area contributed by atoms with Crippen molar-refractivity contribution in [3.63, 3.8) is 0 Å². The lowest BCUT2D eigenvalue weighted by atomic mass is 10.00. The molecule has 36 heavy (non-hydrogen) atoms. The maximum Gasteiger partial charge on any atom is 0.248 e. The molecule has 0 aliphatic carbocycles. The maximum atomic E-state index is 15.0. The number of benzene rings is 2. The quantitative estimate of drug-likeness (QED) is 0.433. The third kappa shape index (κ3) is 7.11. The third-order valence-corrected chi connectivity index (χ3v) is 5.09. The minimum absolute atomic E-state index is 0.0244. The van der Waals surface area contributed by atoms with E-state index in [-0.39, 0.29) is 24.3 Å². The monoisotopic (exact) mass is 492 g/mol. The van der Waals surface area contributed by atoms with Gasteiger partial charge in [-0.1, -0.05) is 30.3 Å². The van der Waals surface area contributed by atoms with E-state index in [4.69, 9.17) is 0 Å². The van der Waals surface area contributed by atoms with E-state index in [1.807, 2.05) is 0 Å². The van der Waals surface area contributed by atoms with Crippen molar-refractivity contribution >= 4 is 29.2 Å². The van der Waals surface area contributed by atoms with E-state index in [2.05, 4.69) is 15.6 Å². The largest absolute Gasteiger partial charge is 0.508 e. The summed E-state index contributed by atoms with van der Waals surface area (Å²) >= 11 is 0. The van der Waals surface area contributed by atoms with Crippen molar-refractivity contribution in [3.05, 3.63) is 84.3 Å². The standard InChI is InChI=1S/C27H29FN4O4/c1-27(2,3)31-26(36)25(18-11-13-19(33)14-12-18)32(21-9-5-4-8-20(21)28)24(35)16-15-23(34)30-22-10-6-7-17-29-22/h4-14,17,25,33H,15-16H2,1-3H3,(H,31,36)(H,29,30,34). The summed E-state index contributed by atoms with van der Waals surface area (Å²) in [7, 11) is 0. The fourth-order valence-corrected chi connectivity index (χ4v) is 3.56. The van der Waals surface area contributed by atoms with Crippen molar-refractivity contribution in [2.24, 2.45) is 0 Å². The highest BCUT2D eigenvalue weighted by Gasteiger charge is 2.35. The van der Waals surface area contributed by atoms with Crippen LogP contribution in [0, 0.1) is 5.82 Å². The molecule has 1 heterocycles. The van der Waals surface area contributed by atoms with Crippen LogP contribution in [0.25, 0.3) is 0 Å². The highest BCUT2D eigenvalue weighted by atomic mass is 19.1. The highest BCUT2D eigenvalue weighted by molar-refractivity contribution is 6.03. The summed E-state index contributed by atoms with van der Waals surface area (Å²) in [5, 5.41) is 15.2. The van der Waals surface area contributed by atoms with E-state index in [1.165, 1.54) is 48.7 Å². The molecule has 0 aliphatic rings. The molecule has 8 nitrogen and oxygen atoms in total. The average molecular weight is 493 g/mol. The summed E-state index contributed by atoms with van der Waals surface area (Å²) < 4.78 is 15.0. The Balaban J connectivity index is 1.96. The van der Waals surface area contributed by atoms with Crippen LogP contribution in [0.1, 0.15) is 45.2 Å². The number of hydrogen-bond acceptors (Lipinski definition) is 5. The van der Waals surface area contributed by atoms with E-state index in [9.17, 15) is 23.9 Å². The van der Waals surface area contributed by atoms with Gasteiger partial charge >= 0.3 is 0 Å². The summed E-state index contributed by atoms with van der Waals surface area (Å²) in [5.74, 6) is -2.00. The smallest absolute Gasteiger partial charge is 0.248 e. The molecule has 0 aliphatic heterocycles. The van der Waals surface area contributed by atoms with Crippen LogP contribution < -0.4 is 15.5 Å². The Morgan fingerprint density at radius 3 is 2.25 bits per heavy atom. The number of aromatic nitrogens is 1. The first-order valence-electron chi connectivity index (χ1n) is 11.4. The lowest BCUT2D eigenvalue weighted by Gasteiger charge is -2.34. The summed E-state index contributed by atoms with van der Waals surface area (Å²) in [6.07, 6.45) is 1.03. The van der Waals surface area contributed by atoms with Gasteiger partial charge in [-0.25, -0.2) is 9.37 Å². The number of pyridine rings is 1. The van der Waals surface area contributed by atoms with Gasteiger partial charge in [0.05, 0.1) is 5.69 Å². The highest BCUT2D eigenvalue weighted by Crippen LogP contribution is 2.32. The molecule has 0 fully saturated rings.